The highest BCUT2D eigenvalue weighted by atomic mass is 19.4. The number of alkyl halides is 3. The first-order chi connectivity index (χ1) is 45.6. The van der Waals surface area contributed by atoms with Crippen LogP contribution in [0.25, 0.3) is 28.6 Å². The second-order valence-electron chi connectivity index (χ2n) is 18.9. The van der Waals surface area contributed by atoms with Gasteiger partial charge in [-0.25, -0.2) is 73.4 Å². The molecule has 0 unspecified atom stereocenters. The number of nitrogens with zero attached hydrogens (tertiary/aromatic N) is 25. The summed E-state index contributed by atoms with van der Waals surface area (Å²) >= 11 is 0. The van der Waals surface area contributed by atoms with Gasteiger partial charge in [0.2, 0.25) is 0 Å². The van der Waals surface area contributed by atoms with Crippen molar-refractivity contribution >= 4 is 0 Å². The molecule has 0 aliphatic rings. The van der Waals surface area contributed by atoms with Crippen molar-refractivity contribution in [2.45, 2.75) is 89.3 Å². The van der Waals surface area contributed by atoms with Gasteiger partial charge in [0.05, 0.1) is 5.69 Å². The summed E-state index contributed by atoms with van der Waals surface area (Å²) in [6.07, 6.45) is -1.24. The predicted octanol–water partition coefficient (Wildman–Crippen LogP) is 2.76. The fourth-order valence-corrected chi connectivity index (χ4v) is 6.27. The number of halogens is 3. The first-order valence-electron chi connectivity index (χ1n) is 27.9. The summed E-state index contributed by atoms with van der Waals surface area (Å²) in [5.41, 5.74) is 1.73. The quantitative estimate of drug-likeness (QED) is 0.121. The molecule has 0 radical (unpaired) electrons. The maximum absolute atomic E-state index is 11.7. The summed E-state index contributed by atoms with van der Waals surface area (Å²) in [4.78, 5) is 77.3. The van der Waals surface area contributed by atoms with Gasteiger partial charge in [0.25, 0.3) is 5.82 Å². The zero-order valence-electron chi connectivity index (χ0n) is 54.6. The van der Waals surface area contributed by atoms with Crippen LogP contribution >= 0.6 is 0 Å². The summed E-state index contributed by atoms with van der Waals surface area (Å²) in [6.45, 7) is 21.3. The van der Waals surface area contributed by atoms with Crippen LogP contribution in [0.4, 0.5) is 13.2 Å². The van der Waals surface area contributed by atoms with E-state index in [-0.39, 0.29) is 28.6 Å². The summed E-state index contributed by atoms with van der Waals surface area (Å²) in [5.74, 6) is 8.76. The average molecular weight is 1330 g/mol. The Morgan fingerprint density at radius 1 is 0.469 bits per heavy atom. The number of hydrogen-bond acceptors (Lipinski definition) is 25. The number of aromatic nitrogens is 36. The van der Waals surface area contributed by atoms with Crippen LogP contribution in [-0.2, 0) is 27.3 Å². The molecular formula is C53H71F3N36O4. The fourth-order valence-electron chi connectivity index (χ4n) is 6.27. The summed E-state index contributed by atoms with van der Waals surface area (Å²) in [7, 11) is 5.14. The van der Waals surface area contributed by atoms with Crippen LogP contribution in [0.15, 0.2) is 111 Å². The van der Waals surface area contributed by atoms with Crippen LogP contribution in [0.2, 0.25) is 0 Å². The minimum Gasteiger partial charge on any atom is -0.293 e. The molecule has 0 spiro atoms. The molecule has 0 aliphatic carbocycles. The average Bonchev–Trinajstić information content (AvgIpc) is 1.94. The molecule has 12 heterocycles. The molecule has 0 aliphatic heterocycles. The van der Waals surface area contributed by atoms with Crippen molar-refractivity contribution in [3.63, 3.8) is 0 Å². The maximum Gasteiger partial charge on any atom is 0.453 e. The van der Waals surface area contributed by atoms with Crippen LogP contribution in [0.5, 0.6) is 0 Å². The van der Waals surface area contributed by atoms with E-state index in [0.717, 1.165) is 57.7 Å². The van der Waals surface area contributed by atoms with Crippen LogP contribution < -0.4 is 22.8 Å². The molecule has 508 valence electrons. The Hall–Kier alpha value is -13.0. The molecule has 43 heteroatoms. The number of rotatable bonds is 3. The molecule has 14 rings (SSSR count). The lowest BCUT2D eigenvalue weighted by molar-refractivity contribution is -0.144. The van der Waals surface area contributed by atoms with E-state index >= 15 is 0 Å². The largest absolute Gasteiger partial charge is 0.453 e. The van der Waals surface area contributed by atoms with Crippen molar-refractivity contribution in [1.29, 1.82) is 0 Å². The lowest BCUT2D eigenvalue weighted by Crippen LogP contribution is -2.13. The Morgan fingerprint density at radius 3 is 1.35 bits per heavy atom. The first kappa shape index (κ1) is 75.4. The number of pyridine rings is 1. The van der Waals surface area contributed by atoms with Crippen molar-refractivity contribution in [2.24, 2.45) is 21.1 Å². The normalized spacial score (nSPS) is 9.94. The van der Waals surface area contributed by atoms with Gasteiger partial charge in [-0.2, -0.15) is 58.9 Å². The molecule has 0 amide bonds. The van der Waals surface area contributed by atoms with E-state index in [0.29, 0.717) is 34.9 Å². The minimum atomic E-state index is -4.44. The summed E-state index contributed by atoms with van der Waals surface area (Å²) in [6, 6.07) is 25.1. The first-order valence-corrected chi connectivity index (χ1v) is 27.9. The van der Waals surface area contributed by atoms with Gasteiger partial charge in [-0.15, -0.1) is 20.4 Å². The van der Waals surface area contributed by atoms with Gasteiger partial charge in [0.1, 0.15) is 76.1 Å². The highest BCUT2D eigenvalue weighted by Crippen LogP contribution is 2.25. The summed E-state index contributed by atoms with van der Waals surface area (Å²) in [5, 5.41) is 69.2. The second kappa shape index (κ2) is 38.6. The standard InChI is InChI=1S/C9H9N3O.C9H9N3.C8H8N4.C4H4F3N3.2C4H7N3O.C4H7N3.C3H6N4.C3H5N3O.C3H5N3.C2H4N4/c1-7-10-9(13)11-12(7)8-5-3-2-4-6-8;1-7-10-9(12-11-7)8-5-3-2-4-6-8;1-6-10-8(12-11-6)7-4-2-3-5-9-7;1-2-8-3(10-9-2)4(5,6)7;1-3-5-4(8)6-7(3)2;1-3-5-4(8)7(2)6-3;1-3-5-4(2)7-6-3;1-3-4-5-6-7(3)2;1-2-4-3(7)6-5-2;1-3-4-2-5-6-3;1-2-3-5-6-4-2/h2-6H,1H3,(H,11,13);2-6H,1H3,(H,10,11,12);2-5H,1H3,(H,10,11,12);1H3,(H,8,9,10);1-2H3,(H,6,8);1-2H3,(H,5,6,8);1-2H3,(H,5,6,7);1-2H3;1H3,(H2,4,5,6,7);2H,1H3,(H,4,5,6);1H3,(H,3,4,5,6). The van der Waals surface area contributed by atoms with Crippen LogP contribution in [0.3, 0.4) is 0 Å². The predicted molar refractivity (Wildman–Crippen MR) is 336 cm³/mol. The van der Waals surface area contributed by atoms with E-state index in [9.17, 15) is 32.3 Å². The monoisotopic (exact) mass is 1330 g/mol. The van der Waals surface area contributed by atoms with Crippen molar-refractivity contribution in [1.82, 2.24) is 181 Å². The van der Waals surface area contributed by atoms with Crippen molar-refractivity contribution in [2.75, 3.05) is 0 Å². The van der Waals surface area contributed by atoms with E-state index < -0.39 is 12.0 Å². The van der Waals surface area contributed by atoms with Crippen molar-refractivity contribution in [3.05, 3.63) is 209 Å². The number of tetrazole rings is 2. The van der Waals surface area contributed by atoms with E-state index in [1.807, 2.05) is 120 Å². The Morgan fingerprint density at radius 2 is 1.06 bits per heavy atom. The number of nitrogens with one attached hydrogen (secondary N) is 11. The molecule has 12 aromatic heterocycles. The number of hydrogen-bond donors (Lipinski definition) is 11. The zero-order valence-corrected chi connectivity index (χ0v) is 54.6. The maximum atomic E-state index is 11.7. The highest BCUT2D eigenvalue weighted by Gasteiger charge is 2.35. The number of aromatic amines is 11. The van der Waals surface area contributed by atoms with Gasteiger partial charge < -0.3 is 0 Å². The van der Waals surface area contributed by atoms with E-state index in [1.165, 1.54) is 17.9 Å². The third kappa shape index (κ3) is 28.9. The van der Waals surface area contributed by atoms with Gasteiger partial charge in [0.15, 0.2) is 17.5 Å². The molecule has 0 atom stereocenters. The fraction of sp³-hybridized carbons (Fsp3) is 0.302. The number of benzene rings is 2. The number of para-hydroxylation sites is 1. The Balaban J connectivity index is 0.000000227. The van der Waals surface area contributed by atoms with Crippen LogP contribution in [0, 0.1) is 83.1 Å². The van der Waals surface area contributed by atoms with Crippen LogP contribution in [0.1, 0.15) is 75.7 Å². The SMILES string of the molecule is Cc1n[nH]c(=O)[nH]1.Cc1n[nH]c(C)n1.Cc1nc(-c2ccccc2)n[nH]1.Cc1nc(-c2ccccn2)n[nH]1.Cc1nc(=O)[nH]n1-c1ccccc1.Cc1nc(=O)[nH]n1C.Cc1nc(C(F)(F)F)n[nH]1.Cc1ncn[nH]1.Cc1nn(C)c(=O)[nH]1.Cc1nn[nH]n1.Cc1nnnn1C. The van der Waals surface area contributed by atoms with Gasteiger partial charge in [-0.05, 0) is 118 Å². The molecular weight excluding hydrogens is 1260 g/mol. The van der Waals surface area contributed by atoms with Gasteiger partial charge in [-0.1, -0.05) is 59.8 Å². The van der Waals surface area contributed by atoms with E-state index in [2.05, 4.69) is 162 Å². The van der Waals surface area contributed by atoms with Gasteiger partial charge in [-0.3, -0.25) is 45.1 Å². The Bertz CT molecular complexity index is 4430. The van der Waals surface area contributed by atoms with Crippen LogP contribution in [-0.4, -0.2) is 181 Å². The highest BCUT2D eigenvalue weighted by molar-refractivity contribution is 5.53. The molecule has 0 bridgehead atoms. The topological polar surface area (TPSA) is 532 Å². The molecule has 0 saturated heterocycles. The molecule has 2 aromatic carbocycles. The van der Waals surface area contributed by atoms with E-state index in [4.69, 9.17) is 0 Å². The lowest BCUT2D eigenvalue weighted by Gasteiger charge is -2.01. The van der Waals surface area contributed by atoms with Gasteiger partial charge >= 0.3 is 28.9 Å². The smallest absolute Gasteiger partial charge is 0.293 e. The molecule has 14 aromatic rings. The van der Waals surface area contributed by atoms with Crippen molar-refractivity contribution in [3.8, 4) is 28.6 Å². The third-order valence-electron chi connectivity index (χ3n) is 10.8. The Kier molecular flexibility index (Phi) is 30.4. The van der Waals surface area contributed by atoms with Gasteiger partial charge in [0, 0.05) is 32.9 Å². The van der Waals surface area contributed by atoms with Crippen molar-refractivity contribution < 1.29 is 13.2 Å². The molecule has 40 nitrogen and oxygen atoms in total. The third-order valence-corrected chi connectivity index (χ3v) is 10.8. The Labute approximate surface area is 540 Å². The zero-order chi connectivity index (χ0) is 70.7. The second-order valence-corrected chi connectivity index (χ2v) is 18.9. The molecule has 0 fully saturated rings. The number of aryl methyl sites for hydroxylation is 15. The molecule has 11 N–H and O–H groups in total. The van der Waals surface area contributed by atoms with E-state index in [1.54, 1.807) is 76.0 Å². The lowest BCUT2D eigenvalue weighted by atomic mass is 10.2. The molecule has 0 saturated carbocycles. The molecule has 96 heavy (non-hydrogen) atoms. The number of H-pyrrole nitrogens is 11. The summed E-state index contributed by atoms with van der Waals surface area (Å²) < 4.78 is 41.1. The minimum absolute atomic E-state index is 0.160.